The van der Waals surface area contributed by atoms with Crippen LogP contribution < -0.4 is 16.0 Å². The molecule has 1 aliphatic rings. The fourth-order valence-electron chi connectivity index (χ4n) is 3.33. The van der Waals surface area contributed by atoms with Gasteiger partial charge < -0.3 is 21.1 Å². The average molecular weight is 412 g/mol. The highest BCUT2D eigenvalue weighted by molar-refractivity contribution is 5.64. The highest BCUT2D eigenvalue weighted by Gasteiger charge is 2.21. The van der Waals surface area contributed by atoms with Crippen LogP contribution in [0.2, 0.25) is 0 Å². The van der Waals surface area contributed by atoms with Gasteiger partial charge in [0.05, 0.1) is 11.8 Å². The summed E-state index contributed by atoms with van der Waals surface area (Å²) >= 11 is 0. The number of halogens is 1. The molecule has 0 aromatic carbocycles. The van der Waals surface area contributed by atoms with Crippen LogP contribution in [0.4, 0.5) is 26.6 Å². The predicted molar refractivity (Wildman–Crippen MR) is 112 cm³/mol. The summed E-state index contributed by atoms with van der Waals surface area (Å²) in [5.41, 5.74) is 1.17. The van der Waals surface area contributed by atoms with Gasteiger partial charge in [-0.15, -0.1) is 0 Å². The van der Waals surface area contributed by atoms with Gasteiger partial charge in [0, 0.05) is 36.5 Å². The van der Waals surface area contributed by atoms with E-state index in [1.807, 2.05) is 0 Å². The van der Waals surface area contributed by atoms with Crippen molar-refractivity contribution in [2.45, 2.75) is 45.1 Å². The van der Waals surface area contributed by atoms with Crippen molar-refractivity contribution in [2.24, 2.45) is 5.92 Å². The van der Waals surface area contributed by atoms with Gasteiger partial charge in [-0.25, -0.2) is 14.8 Å². The van der Waals surface area contributed by atoms with E-state index >= 15 is 0 Å². The molecule has 2 heterocycles. The monoisotopic (exact) mass is 412 g/mol. The number of carboxylic acid groups (broad SMARTS) is 1. The van der Waals surface area contributed by atoms with Gasteiger partial charge in [0.2, 0.25) is 11.9 Å². The molecular formula is C21H25FN6O2. The molecule has 2 aromatic heterocycles. The molecule has 0 radical (unpaired) electrons. The number of rotatable bonds is 6. The lowest BCUT2D eigenvalue weighted by molar-refractivity contribution is 0.184. The van der Waals surface area contributed by atoms with Crippen LogP contribution in [-0.2, 0) is 0 Å². The molecule has 0 spiro atoms. The van der Waals surface area contributed by atoms with E-state index in [4.69, 9.17) is 5.11 Å². The summed E-state index contributed by atoms with van der Waals surface area (Å²) in [6.45, 7) is 2.78. The Morgan fingerprint density at radius 2 is 2.23 bits per heavy atom. The molecule has 158 valence electrons. The Kier molecular flexibility index (Phi) is 7.38. The summed E-state index contributed by atoms with van der Waals surface area (Å²) in [6, 6.07) is 2.84. The molecule has 30 heavy (non-hydrogen) atoms. The van der Waals surface area contributed by atoms with Gasteiger partial charge in [0.25, 0.3) is 0 Å². The predicted octanol–water partition coefficient (Wildman–Crippen LogP) is 3.75. The van der Waals surface area contributed by atoms with Crippen LogP contribution in [0.3, 0.4) is 0 Å². The van der Waals surface area contributed by atoms with Gasteiger partial charge in [-0.05, 0) is 31.7 Å². The number of nitrogens with one attached hydrogen (secondary N) is 3. The van der Waals surface area contributed by atoms with E-state index in [0.29, 0.717) is 29.4 Å². The Balaban J connectivity index is 1.75. The van der Waals surface area contributed by atoms with Crippen molar-refractivity contribution < 1.29 is 14.3 Å². The van der Waals surface area contributed by atoms with Crippen molar-refractivity contribution in [3.05, 3.63) is 36.0 Å². The van der Waals surface area contributed by atoms with Crippen LogP contribution in [0.25, 0.3) is 0 Å². The molecule has 0 aliphatic heterocycles. The smallest absolute Gasteiger partial charge is 0.404 e. The van der Waals surface area contributed by atoms with Crippen LogP contribution in [0.5, 0.6) is 0 Å². The number of amides is 1. The second-order valence-corrected chi connectivity index (χ2v) is 7.15. The second-order valence-electron chi connectivity index (χ2n) is 7.15. The first-order chi connectivity index (χ1) is 14.5. The SMILES string of the molecule is CCCNc1nc(Nc2ccnc(F)c2)ncc1C#C[C@@H]1CCC[C@H](NC(=O)O)C1. The summed E-state index contributed by atoms with van der Waals surface area (Å²) < 4.78 is 13.3. The fourth-order valence-corrected chi connectivity index (χ4v) is 3.33. The van der Waals surface area contributed by atoms with E-state index in [-0.39, 0.29) is 12.0 Å². The van der Waals surface area contributed by atoms with Crippen LogP contribution in [0.1, 0.15) is 44.6 Å². The third-order valence-corrected chi connectivity index (χ3v) is 4.73. The quantitative estimate of drug-likeness (QED) is 0.422. The molecule has 0 bridgehead atoms. The van der Waals surface area contributed by atoms with E-state index in [1.54, 1.807) is 12.3 Å². The molecule has 2 aromatic rings. The third kappa shape index (κ3) is 6.30. The van der Waals surface area contributed by atoms with E-state index in [1.165, 1.54) is 12.3 Å². The van der Waals surface area contributed by atoms with E-state index in [2.05, 4.69) is 49.7 Å². The number of hydrogen-bond donors (Lipinski definition) is 4. The van der Waals surface area contributed by atoms with Gasteiger partial charge in [0.15, 0.2) is 0 Å². The lowest BCUT2D eigenvalue weighted by Gasteiger charge is -2.25. The van der Waals surface area contributed by atoms with Gasteiger partial charge in [-0.2, -0.15) is 9.37 Å². The fraction of sp³-hybridized carbons (Fsp3) is 0.429. The highest BCUT2D eigenvalue weighted by Crippen LogP contribution is 2.24. The lowest BCUT2D eigenvalue weighted by Crippen LogP contribution is -2.37. The molecular weight excluding hydrogens is 387 g/mol. The Labute approximate surface area is 174 Å². The maximum atomic E-state index is 13.3. The topological polar surface area (TPSA) is 112 Å². The molecule has 2 atom stereocenters. The molecule has 0 unspecified atom stereocenters. The van der Waals surface area contributed by atoms with Crippen molar-refractivity contribution in [2.75, 3.05) is 17.2 Å². The Hall–Kier alpha value is -3.41. The molecule has 1 aliphatic carbocycles. The van der Waals surface area contributed by atoms with Gasteiger partial charge >= 0.3 is 6.09 Å². The van der Waals surface area contributed by atoms with Crippen LogP contribution >= 0.6 is 0 Å². The lowest BCUT2D eigenvalue weighted by atomic mass is 9.86. The maximum absolute atomic E-state index is 13.3. The third-order valence-electron chi connectivity index (χ3n) is 4.73. The normalized spacial score (nSPS) is 18.1. The average Bonchev–Trinajstić information content (AvgIpc) is 2.71. The Morgan fingerprint density at radius 3 is 3.00 bits per heavy atom. The number of hydrogen-bond acceptors (Lipinski definition) is 6. The molecule has 1 amide bonds. The zero-order valence-electron chi connectivity index (χ0n) is 16.8. The number of carbonyl (C=O) groups is 1. The molecule has 3 rings (SSSR count). The van der Waals surface area contributed by atoms with E-state index in [9.17, 15) is 9.18 Å². The number of anilines is 3. The molecule has 1 saturated carbocycles. The molecule has 4 N–H and O–H groups in total. The summed E-state index contributed by atoms with van der Waals surface area (Å²) in [5.74, 6) is 6.87. The minimum absolute atomic E-state index is 0.0585. The zero-order valence-corrected chi connectivity index (χ0v) is 16.8. The number of nitrogens with zero attached hydrogens (tertiary/aromatic N) is 3. The number of aromatic nitrogens is 3. The zero-order chi connectivity index (χ0) is 21.3. The minimum Gasteiger partial charge on any atom is -0.465 e. The first-order valence-corrected chi connectivity index (χ1v) is 10.0. The summed E-state index contributed by atoms with van der Waals surface area (Å²) in [6.07, 6.45) is 6.34. The first-order valence-electron chi connectivity index (χ1n) is 10.0. The van der Waals surface area contributed by atoms with Crippen molar-refractivity contribution >= 4 is 23.5 Å². The first kappa shape index (κ1) is 21.3. The largest absolute Gasteiger partial charge is 0.465 e. The van der Waals surface area contributed by atoms with Crippen LogP contribution in [-0.4, -0.2) is 38.7 Å². The standard InChI is InChI=1S/C21H25FN6O2/c1-2-9-24-19-15(7-6-14-4-3-5-16(11-14)27-21(29)30)13-25-20(28-19)26-17-8-10-23-18(22)12-17/h8,10,12-14,16,27H,2-5,9,11H2,1H3,(H,29,30)(H2,23,24,25,26,28)/t14-,16-/m0/s1. The summed E-state index contributed by atoms with van der Waals surface area (Å²) in [4.78, 5) is 23.2. The molecule has 1 fully saturated rings. The van der Waals surface area contributed by atoms with E-state index < -0.39 is 12.0 Å². The van der Waals surface area contributed by atoms with E-state index in [0.717, 1.165) is 32.2 Å². The Bertz CT molecular complexity index is 943. The minimum atomic E-state index is -0.995. The molecule has 0 saturated heterocycles. The van der Waals surface area contributed by atoms with Gasteiger partial charge in [-0.3, -0.25) is 0 Å². The van der Waals surface area contributed by atoms with Crippen LogP contribution in [0.15, 0.2) is 24.5 Å². The summed E-state index contributed by atoms with van der Waals surface area (Å²) in [5, 5.41) is 17.7. The summed E-state index contributed by atoms with van der Waals surface area (Å²) in [7, 11) is 0. The van der Waals surface area contributed by atoms with Crippen LogP contribution in [0, 0.1) is 23.7 Å². The van der Waals surface area contributed by atoms with Crippen molar-refractivity contribution in [1.82, 2.24) is 20.3 Å². The van der Waals surface area contributed by atoms with Gasteiger partial charge in [0.1, 0.15) is 5.82 Å². The molecule has 9 heteroatoms. The van der Waals surface area contributed by atoms with Crippen molar-refractivity contribution in [1.29, 1.82) is 0 Å². The second kappa shape index (κ2) is 10.4. The highest BCUT2D eigenvalue weighted by atomic mass is 19.1. The van der Waals surface area contributed by atoms with Crippen molar-refractivity contribution in [3.63, 3.8) is 0 Å². The maximum Gasteiger partial charge on any atom is 0.404 e. The van der Waals surface area contributed by atoms with Gasteiger partial charge in [-0.1, -0.05) is 25.2 Å². The Morgan fingerprint density at radius 1 is 1.37 bits per heavy atom. The van der Waals surface area contributed by atoms with Crippen molar-refractivity contribution in [3.8, 4) is 11.8 Å². The number of pyridine rings is 1. The molecule has 8 nitrogen and oxygen atoms in total.